The van der Waals surface area contributed by atoms with Gasteiger partial charge in [-0.1, -0.05) is 35.3 Å². The molecule has 0 spiro atoms. The highest BCUT2D eigenvalue weighted by atomic mass is 35.5. The molecule has 218 valence electrons. The molecular formula is C28H30Cl2N4O6S. The first-order valence-corrected chi connectivity index (χ1v) is 14.9. The molecule has 0 saturated carbocycles. The summed E-state index contributed by atoms with van der Waals surface area (Å²) >= 11 is 12.7. The number of nitrogens with zero attached hydrogens (tertiary/aromatic N) is 1. The van der Waals surface area contributed by atoms with Gasteiger partial charge in [-0.2, -0.15) is 0 Å². The summed E-state index contributed by atoms with van der Waals surface area (Å²) in [6, 6.07) is 12.6. The van der Waals surface area contributed by atoms with Gasteiger partial charge in [0.05, 0.1) is 18.1 Å². The Balaban J connectivity index is 1.35. The number of aromatic hydroxyl groups is 1. The molecule has 2 amide bonds. The number of nitrogens with two attached hydrogens (primary N) is 2. The first-order valence-electron chi connectivity index (χ1n) is 12.7. The van der Waals surface area contributed by atoms with E-state index in [4.69, 9.17) is 39.4 Å². The molecule has 41 heavy (non-hydrogen) atoms. The quantitative estimate of drug-likeness (QED) is 0.239. The maximum Gasteiger partial charge on any atom is 0.249 e. The molecule has 1 heterocycles. The zero-order valence-corrected chi connectivity index (χ0v) is 24.5. The average Bonchev–Trinajstić information content (AvgIpc) is 2.91. The van der Waals surface area contributed by atoms with Gasteiger partial charge in [-0.3, -0.25) is 9.59 Å². The molecule has 1 aliphatic rings. The summed E-state index contributed by atoms with van der Waals surface area (Å²) in [5.74, 6) is -1.99. The second-order valence-corrected chi connectivity index (χ2v) is 12.4. The number of phenolic OH excluding ortho intramolecular Hbond substituents is 1. The van der Waals surface area contributed by atoms with Crippen LogP contribution in [-0.2, 0) is 27.7 Å². The Morgan fingerprint density at radius 2 is 1.68 bits per heavy atom. The Morgan fingerprint density at radius 3 is 2.29 bits per heavy atom. The minimum absolute atomic E-state index is 0.0111. The summed E-state index contributed by atoms with van der Waals surface area (Å²) < 4.78 is 33.7. The Kier molecular flexibility index (Phi) is 9.58. The summed E-state index contributed by atoms with van der Waals surface area (Å²) in [7, 11) is -1.80. The van der Waals surface area contributed by atoms with Crippen molar-refractivity contribution in [1.82, 2.24) is 9.62 Å². The molecule has 1 aliphatic heterocycles. The molecule has 0 saturated heterocycles. The van der Waals surface area contributed by atoms with Gasteiger partial charge in [0.25, 0.3) is 0 Å². The number of ether oxygens (including phenoxy) is 1. The first-order chi connectivity index (χ1) is 19.4. The van der Waals surface area contributed by atoms with Crippen molar-refractivity contribution in [3.63, 3.8) is 0 Å². The largest absolute Gasteiger partial charge is 0.508 e. The fraction of sp³-hybridized carbons (Fsp3) is 0.286. The standard InChI is InChI=1S/C28H30Cl2N4O6S/c1-34-14-24(21-10-17(29)11-26(30)25(21)15-34)16-2-4-19(5-3-16)41(38,39)33-7-9-40-8-6-20-22(27(31)36)12-18(35)13-23(20)28(32)37/h2-5,10-13,24,33,35H,6-9,14-15H2,1H3,(H2,31,36)(H2,32,37). The van der Waals surface area contributed by atoms with E-state index in [-0.39, 0.29) is 59.4 Å². The molecule has 6 N–H and O–H groups in total. The number of primary amides is 2. The van der Waals surface area contributed by atoms with Crippen LogP contribution in [-0.4, -0.2) is 63.6 Å². The number of benzene rings is 3. The lowest BCUT2D eigenvalue weighted by molar-refractivity contribution is 0.0996. The van der Waals surface area contributed by atoms with Gasteiger partial charge in [0, 0.05) is 46.7 Å². The van der Waals surface area contributed by atoms with Crippen molar-refractivity contribution in [2.24, 2.45) is 11.5 Å². The Hall–Kier alpha value is -3.19. The fourth-order valence-electron chi connectivity index (χ4n) is 4.98. The topological polar surface area (TPSA) is 165 Å². The molecule has 4 rings (SSSR count). The van der Waals surface area contributed by atoms with Gasteiger partial charge in [0.15, 0.2) is 0 Å². The Labute approximate surface area is 248 Å². The van der Waals surface area contributed by atoms with Gasteiger partial charge >= 0.3 is 0 Å². The second-order valence-electron chi connectivity index (χ2n) is 9.78. The van der Waals surface area contributed by atoms with Crippen LogP contribution in [0.5, 0.6) is 5.75 Å². The third kappa shape index (κ3) is 7.18. The van der Waals surface area contributed by atoms with Crippen molar-refractivity contribution in [2.45, 2.75) is 23.8 Å². The van der Waals surface area contributed by atoms with E-state index in [9.17, 15) is 23.1 Å². The van der Waals surface area contributed by atoms with Gasteiger partial charge in [-0.25, -0.2) is 13.1 Å². The maximum atomic E-state index is 12.8. The number of hydrogen-bond acceptors (Lipinski definition) is 7. The van der Waals surface area contributed by atoms with Crippen LogP contribution < -0.4 is 16.2 Å². The normalized spacial score (nSPS) is 15.4. The van der Waals surface area contributed by atoms with E-state index in [1.807, 2.05) is 13.1 Å². The zero-order valence-electron chi connectivity index (χ0n) is 22.2. The fourth-order valence-corrected chi connectivity index (χ4v) is 6.57. The highest BCUT2D eigenvalue weighted by Crippen LogP contribution is 2.38. The number of fused-ring (bicyclic) bond motifs is 1. The molecule has 0 fully saturated rings. The summed E-state index contributed by atoms with van der Waals surface area (Å²) in [5, 5.41) is 10.9. The smallest absolute Gasteiger partial charge is 0.249 e. The third-order valence-corrected chi connectivity index (χ3v) is 8.92. The molecule has 1 atom stereocenters. The highest BCUT2D eigenvalue weighted by Gasteiger charge is 2.27. The van der Waals surface area contributed by atoms with Crippen LogP contribution in [0, 0.1) is 0 Å². The summed E-state index contributed by atoms with van der Waals surface area (Å²) in [5.41, 5.74) is 13.9. The number of amides is 2. The number of sulfonamides is 1. The van der Waals surface area contributed by atoms with E-state index in [1.165, 1.54) is 0 Å². The lowest BCUT2D eigenvalue weighted by Crippen LogP contribution is -2.31. The van der Waals surface area contributed by atoms with Crippen LogP contribution >= 0.6 is 23.2 Å². The molecule has 3 aromatic rings. The molecule has 0 aromatic heterocycles. The van der Waals surface area contributed by atoms with Gasteiger partial charge < -0.3 is 26.2 Å². The van der Waals surface area contributed by atoms with Crippen LogP contribution in [0.25, 0.3) is 0 Å². The van der Waals surface area contributed by atoms with E-state index in [0.717, 1.165) is 35.4 Å². The van der Waals surface area contributed by atoms with Crippen LogP contribution in [0.4, 0.5) is 0 Å². The van der Waals surface area contributed by atoms with Crippen molar-refractivity contribution in [1.29, 1.82) is 0 Å². The lowest BCUT2D eigenvalue weighted by Gasteiger charge is -2.33. The molecule has 3 aromatic carbocycles. The predicted octanol–water partition coefficient (Wildman–Crippen LogP) is 3.01. The number of phenols is 1. The molecular weight excluding hydrogens is 591 g/mol. The van der Waals surface area contributed by atoms with Crippen LogP contribution in [0.3, 0.4) is 0 Å². The highest BCUT2D eigenvalue weighted by molar-refractivity contribution is 7.89. The number of carbonyl (C=O) groups is 2. The summed E-state index contributed by atoms with van der Waals surface area (Å²) in [4.78, 5) is 25.8. The zero-order chi connectivity index (χ0) is 29.9. The van der Waals surface area contributed by atoms with Crippen molar-refractivity contribution in [3.8, 4) is 5.75 Å². The Morgan fingerprint density at radius 1 is 1.05 bits per heavy atom. The molecule has 1 unspecified atom stereocenters. The predicted molar refractivity (Wildman–Crippen MR) is 156 cm³/mol. The first kappa shape index (κ1) is 30.8. The number of nitrogens with one attached hydrogen (secondary N) is 1. The van der Waals surface area contributed by atoms with Gasteiger partial charge in [0.2, 0.25) is 21.8 Å². The van der Waals surface area contributed by atoms with Crippen LogP contribution in [0.1, 0.15) is 48.9 Å². The average molecular weight is 622 g/mol. The molecule has 0 bridgehead atoms. The number of rotatable bonds is 11. The minimum atomic E-state index is -3.81. The monoisotopic (exact) mass is 620 g/mol. The van der Waals surface area contributed by atoms with Crippen molar-refractivity contribution in [2.75, 3.05) is 33.4 Å². The van der Waals surface area contributed by atoms with E-state index in [0.29, 0.717) is 16.6 Å². The van der Waals surface area contributed by atoms with E-state index >= 15 is 0 Å². The summed E-state index contributed by atoms with van der Waals surface area (Å²) in [6.45, 7) is 1.50. The number of halogens is 2. The lowest BCUT2D eigenvalue weighted by atomic mass is 9.85. The molecule has 0 radical (unpaired) electrons. The summed E-state index contributed by atoms with van der Waals surface area (Å²) in [6.07, 6.45) is 0.0982. The van der Waals surface area contributed by atoms with Crippen molar-refractivity contribution in [3.05, 3.63) is 92.0 Å². The Bertz CT molecular complexity index is 1550. The molecule has 0 aliphatic carbocycles. The van der Waals surface area contributed by atoms with Crippen molar-refractivity contribution < 1.29 is 27.9 Å². The van der Waals surface area contributed by atoms with E-state index < -0.39 is 21.8 Å². The van der Waals surface area contributed by atoms with Crippen LogP contribution in [0.15, 0.2) is 53.4 Å². The van der Waals surface area contributed by atoms with Crippen LogP contribution in [0.2, 0.25) is 10.0 Å². The second kappa shape index (κ2) is 12.8. The SMILES string of the molecule is CN1Cc2c(Cl)cc(Cl)cc2C(c2ccc(S(=O)(=O)NCCOCCc3c(C(N)=O)cc(O)cc3C(N)=O)cc2)C1. The number of hydrogen-bond donors (Lipinski definition) is 4. The van der Waals surface area contributed by atoms with Crippen molar-refractivity contribution >= 4 is 45.0 Å². The number of carbonyl (C=O) groups excluding carboxylic acids is 2. The minimum Gasteiger partial charge on any atom is -0.508 e. The third-order valence-electron chi connectivity index (χ3n) is 6.89. The van der Waals surface area contributed by atoms with Gasteiger partial charge in [0.1, 0.15) is 5.75 Å². The van der Waals surface area contributed by atoms with Gasteiger partial charge in [-0.05, 0) is 72.1 Å². The van der Waals surface area contributed by atoms with Gasteiger partial charge in [-0.15, -0.1) is 0 Å². The molecule has 10 nitrogen and oxygen atoms in total. The maximum absolute atomic E-state index is 12.8. The van der Waals surface area contributed by atoms with E-state index in [2.05, 4.69) is 9.62 Å². The number of likely N-dealkylation sites (N-methyl/N-ethyl adjacent to an activating group) is 1. The van der Waals surface area contributed by atoms with E-state index in [1.54, 1.807) is 30.3 Å². The molecule has 13 heteroatoms.